The summed E-state index contributed by atoms with van der Waals surface area (Å²) in [4.78, 5) is 25.2. The molecular weight excluding hydrogens is 292 g/mol. The van der Waals surface area contributed by atoms with Crippen LogP contribution in [0.15, 0.2) is 24.3 Å². The number of benzene rings is 1. The van der Waals surface area contributed by atoms with Gasteiger partial charge in [-0.05, 0) is 49.9 Å². The van der Waals surface area contributed by atoms with Crippen LogP contribution in [0.3, 0.4) is 0 Å². The number of anilines is 1. The minimum atomic E-state index is -0.835. The van der Waals surface area contributed by atoms with Crippen molar-refractivity contribution >= 4 is 17.6 Å². The molecule has 1 aliphatic rings. The van der Waals surface area contributed by atoms with Crippen LogP contribution in [0.4, 0.5) is 5.69 Å². The minimum absolute atomic E-state index is 0.133. The lowest BCUT2D eigenvalue weighted by Gasteiger charge is -2.32. The van der Waals surface area contributed by atoms with Crippen molar-refractivity contribution < 1.29 is 14.7 Å². The van der Waals surface area contributed by atoms with Crippen molar-refractivity contribution in [2.75, 3.05) is 18.4 Å². The molecule has 0 aliphatic carbocycles. The van der Waals surface area contributed by atoms with Crippen LogP contribution >= 0.6 is 0 Å². The number of carboxylic acids is 1. The molecule has 0 saturated carbocycles. The molecule has 0 spiro atoms. The highest BCUT2D eigenvalue weighted by Crippen LogP contribution is 2.17. The second-order valence-corrected chi connectivity index (χ2v) is 6.17. The summed E-state index contributed by atoms with van der Waals surface area (Å²) in [5.41, 5.74) is 2.03. The highest BCUT2D eigenvalue weighted by Gasteiger charge is 2.29. The number of unbranched alkanes of at least 4 members (excludes halogenated alkanes) is 1. The fourth-order valence-electron chi connectivity index (χ4n) is 2.98. The van der Waals surface area contributed by atoms with Crippen LogP contribution in [0, 0.1) is 0 Å². The van der Waals surface area contributed by atoms with Crippen molar-refractivity contribution in [2.24, 2.45) is 0 Å². The number of hydrogen-bond acceptors (Lipinski definition) is 3. The summed E-state index contributed by atoms with van der Waals surface area (Å²) in [5.74, 6) is -0.989. The number of aryl methyl sites for hydroxylation is 1. The zero-order chi connectivity index (χ0) is 16.7. The molecule has 2 N–H and O–H groups in total. The van der Waals surface area contributed by atoms with E-state index in [1.165, 1.54) is 12.0 Å². The van der Waals surface area contributed by atoms with Crippen molar-refractivity contribution in [3.05, 3.63) is 29.8 Å². The predicted octanol–water partition coefficient (Wildman–Crippen LogP) is 2.91. The number of aliphatic carboxylic acids is 1. The third-order valence-electron chi connectivity index (χ3n) is 4.30. The number of carbonyl (C=O) groups excluding carboxylic acids is 1. The lowest BCUT2D eigenvalue weighted by atomic mass is 10.0. The average molecular weight is 318 g/mol. The summed E-state index contributed by atoms with van der Waals surface area (Å²) in [6.07, 6.45) is 5.86. The first-order chi connectivity index (χ1) is 11.1. The van der Waals surface area contributed by atoms with Gasteiger partial charge in [-0.15, -0.1) is 0 Å². The predicted molar refractivity (Wildman–Crippen MR) is 90.5 cm³/mol. The molecule has 5 nitrogen and oxygen atoms in total. The fourth-order valence-corrected chi connectivity index (χ4v) is 2.98. The Morgan fingerprint density at radius 2 is 2.00 bits per heavy atom. The second kappa shape index (κ2) is 8.67. The third kappa shape index (κ3) is 5.36. The largest absolute Gasteiger partial charge is 0.480 e. The normalized spacial score (nSPS) is 18.6. The van der Waals surface area contributed by atoms with E-state index >= 15 is 0 Å². The monoisotopic (exact) mass is 318 g/mol. The maximum absolute atomic E-state index is 12.2. The summed E-state index contributed by atoms with van der Waals surface area (Å²) < 4.78 is 0. The smallest absolute Gasteiger partial charge is 0.320 e. The molecule has 1 aliphatic heterocycles. The number of carbonyl (C=O) groups is 2. The summed E-state index contributed by atoms with van der Waals surface area (Å²) in [5, 5.41) is 12.1. The van der Waals surface area contributed by atoms with E-state index < -0.39 is 12.0 Å². The van der Waals surface area contributed by atoms with E-state index in [2.05, 4.69) is 12.2 Å². The van der Waals surface area contributed by atoms with Crippen LogP contribution in [0.2, 0.25) is 0 Å². The van der Waals surface area contributed by atoms with Gasteiger partial charge in [0.05, 0.1) is 6.54 Å². The van der Waals surface area contributed by atoms with Gasteiger partial charge in [-0.3, -0.25) is 14.5 Å². The maximum Gasteiger partial charge on any atom is 0.320 e. The molecule has 1 aromatic rings. The van der Waals surface area contributed by atoms with Crippen molar-refractivity contribution in [1.29, 1.82) is 0 Å². The van der Waals surface area contributed by atoms with Crippen molar-refractivity contribution in [3.8, 4) is 0 Å². The zero-order valence-corrected chi connectivity index (χ0v) is 13.8. The number of likely N-dealkylation sites (tertiary alicyclic amines) is 1. The van der Waals surface area contributed by atoms with Crippen LogP contribution in [0.25, 0.3) is 0 Å². The zero-order valence-electron chi connectivity index (χ0n) is 13.8. The van der Waals surface area contributed by atoms with Gasteiger partial charge in [0.15, 0.2) is 0 Å². The van der Waals surface area contributed by atoms with Crippen LogP contribution in [0.5, 0.6) is 0 Å². The van der Waals surface area contributed by atoms with Gasteiger partial charge < -0.3 is 10.4 Å². The van der Waals surface area contributed by atoms with Gasteiger partial charge in [0.2, 0.25) is 5.91 Å². The molecule has 1 aromatic carbocycles. The van der Waals surface area contributed by atoms with Crippen molar-refractivity contribution in [1.82, 2.24) is 4.90 Å². The molecule has 1 atom stereocenters. The van der Waals surface area contributed by atoms with Gasteiger partial charge >= 0.3 is 5.97 Å². The molecule has 2 rings (SSSR count). The number of piperidine rings is 1. The van der Waals surface area contributed by atoms with Crippen LogP contribution < -0.4 is 5.32 Å². The Labute approximate surface area is 137 Å². The molecule has 1 amide bonds. The van der Waals surface area contributed by atoms with E-state index in [9.17, 15) is 14.7 Å². The molecule has 1 unspecified atom stereocenters. The lowest BCUT2D eigenvalue weighted by Crippen LogP contribution is -2.47. The Kier molecular flexibility index (Phi) is 6.59. The Morgan fingerprint density at radius 3 is 2.65 bits per heavy atom. The molecule has 0 bridgehead atoms. The van der Waals surface area contributed by atoms with Crippen molar-refractivity contribution in [3.63, 3.8) is 0 Å². The van der Waals surface area contributed by atoms with Gasteiger partial charge in [0.25, 0.3) is 0 Å². The number of nitrogens with zero attached hydrogens (tertiary/aromatic N) is 1. The van der Waals surface area contributed by atoms with Gasteiger partial charge in [-0.1, -0.05) is 31.9 Å². The molecule has 1 heterocycles. The standard InChI is InChI=1S/C18H26N2O3/c1-2-3-6-14-8-10-15(11-9-14)19-17(21)13-20-12-5-4-7-16(20)18(22)23/h8-11,16H,2-7,12-13H2,1H3,(H,19,21)(H,22,23). The number of hydrogen-bond donors (Lipinski definition) is 2. The van der Waals surface area contributed by atoms with E-state index in [-0.39, 0.29) is 12.5 Å². The third-order valence-corrected chi connectivity index (χ3v) is 4.30. The Bertz CT molecular complexity index is 528. The SMILES string of the molecule is CCCCc1ccc(NC(=O)CN2CCCCC2C(=O)O)cc1. The quantitative estimate of drug-likeness (QED) is 0.811. The molecule has 5 heteroatoms. The first-order valence-corrected chi connectivity index (χ1v) is 8.46. The second-order valence-electron chi connectivity index (χ2n) is 6.17. The molecule has 1 fully saturated rings. The lowest BCUT2D eigenvalue weighted by molar-refractivity contribution is -0.145. The number of amides is 1. The number of carboxylic acid groups (broad SMARTS) is 1. The molecule has 0 radical (unpaired) electrons. The van der Waals surface area contributed by atoms with Gasteiger partial charge in [-0.2, -0.15) is 0 Å². The highest BCUT2D eigenvalue weighted by molar-refractivity contribution is 5.92. The molecule has 23 heavy (non-hydrogen) atoms. The maximum atomic E-state index is 12.2. The minimum Gasteiger partial charge on any atom is -0.480 e. The average Bonchev–Trinajstić information content (AvgIpc) is 2.54. The van der Waals surface area contributed by atoms with Crippen LogP contribution in [-0.4, -0.2) is 41.0 Å². The number of rotatable bonds is 7. The Balaban J connectivity index is 1.87. The van der Waals surface area contributed by atoms with E-state index in [0.29, 0.717) is 13.0 Å². The van der Waals surface area contributed by atoms with E-state index in [1.807, 2.05) is 24.3 Å². The summed E-state index contributed by atoms with van der Waals surface area (Å²) in [7, 11) is 0. The molecule has 1 saturated heterocycles. The number of nitrogens with one attached hydrogen (secondary N) is 1. The van der Waals surface area contributed by atoms with E-state index in [0.717, 1.165) is 31.4 Å². The van der Waals surface area contributed by atoms with Crippen LogP contribution in [-0.2, 0) is 16.0 Å². The molecular formula is C18H26N2O3. The first-order valence-electron chi connectivity index (χ1n) is 8.46. The summed E-state index contributed by atoms with van der Waals surface area (Å²) in [6.45, 7) is 2.97. The fraction of sp³-hybridized carbons (Fsp3) is 0.556. The first kappa shape index (κ1) is 17.5. The Hall–Kier alpha value is -1.88. The van der Waals surface area contributed by atoms with Crippen LogP contribution in [0.1, 0.15) is 44.6 Å². The highest BCUT2D eigenvalue weighted by atomic mass is 16.4. The topological polar surface area (TPSA) is 69.6 Å². The van der Waals surface area contributed by atoms with Crippen molar-refractivity contribution in [2.45, 2.75) is 51.5 Å². The Morgan fingerprint density at radius 1 is 1.26 bits per heavy atom. The summed E-state index contributed by atoms with van der Waals surface area (Å²) >= 11 is 0. The van der Waals surface area contributed by atoms with E-state index in [1.54, 1.807) is 4.90 Å². The van der Waals surface area contributed by atoms with E-state index in [4.69, 9.17) is 0 Å². The van der Waals surface area contributed by atoms with Gasteiger partial charge in [0.1, 0.15) is 6.04 Å². The van der Waals surface area contributed by atoms with Gasteiger partial charge in [-0.25, -0.2) is 0 Å². The van der Waals surface area contributed by atoms with Gasteiger partial charge in [0, 0.05) is 5.69 Å². The molecule has 0 aromatic heterocycles. The molecule has 126 valence electrons. The summed E-state index contributed by atoms with van der Waals surface area (Å²) in [6, 6.07) is 7.35.